The van der Waals surface area contributed by atoms with Gasteiger partial charge < -0.3 is 0 Å². The van der Waals surface area contributed by atoms with Gasteiger partial charge >= 0.3 is 0 Å². The summed E-state index contributed by atoms with van der Waals surface area (Å²) in [6, 6.07) is 9.79. The van der Waals surface area contributed by atoms with Crippen molar-refractivity contribution in [3.8, 4) is 0 Å². The SMILES string of the molecule is Cc1ccc(CNS(=O)(=O)c2ncccc2F)cc1. The topological polar surface area (TPSA) is 59.1 Å². The fraction of sp³-hybridized carbons (Fsp3) is 0.154. The van der Waals surface area contributed by atoms with Crippen molar-refractivity contribution in [2.24, 2.45) is 0 Å². The highest BCUT2D eigenvalue weighted by Gasteiger charge is 2.19. The minimum Gasteiger partial charge on any atom is -0.241 e. The first-order chi connectivity index (χ1) is 8.99. The molecule has 19 heavy (non-hydrogen) atoms. The normalized spacial score (nSPS) is 11.5. The molecule has 0 aliphatic carbocycles. The maximum absolute atomic E-state index is 13.4. The van der Waals surface area contributed by atoms with Crippen LogP contribution in [0.4, 0.5) is 4.39 Å². The molecule has 0 amide bonds. The number of halogens is 1. The number of hydrogen-bond donors (Lipinski definition) is 1. The van der Waals surface area contributed by atoms with E-state index in [1.54, 1.807) is 0 Å². The van der Waals surface area contributed by atoms with E-state index in [2.05, 4.69) is 9.71 Å². The lowest BCUT2D eigenvalue weighted by atomic mass is 10.2. The van der Waals surface area contributed by atoms with Crippen LogP contribution in [-0.2, 0) is 16.6 Å². The molecule has 0 atom stereocenters. The maximum Gasteiger partial charge on any atom is 0.261 e. The monoisotopic (exact) mass is 280 g/mol. The molecule has 2 aromatic rings. The molecule has 1 aromatic heterocycles. The predicted octanol–water partition coefficient (Wildman–Crippen LogP) is 2.01. The summed E-state index contributed by atoms with van der Waals surface area (Å²) in [6.45, 7) is 2.04. The number of aryl methyl sites for hydroxylation is 1. The van der Waals surface area contributed by atoms with Gasteiger partial charge in [0.15, 0.2) is 5.82 Å². The standard InChI is InChI=1S/C13H13FN2O2S/c1-10-4-6-11(7-5-10)9-16-19(17,18)13-12(14)3-2-8-15-13/h2-8,16H,9H2,1H3. The van der Waals surface area contributed by atoms with Crippen LogP contribution in [-0.4, -0.2) is 13.4 Å². The van der Waals surface area contributed by atoms with Crippen molar-refractivity contribution in [2.45, 2.75) is 18.5 Å². The van der Waals surface area contributed by atoms with E-state index in [-0.39, 0.29) is 6.54 Å². The highest BCUT2D eigenvalue weighted by Crippen LogP contribution is 2.11. The molecule has 0 saturated carbocycles. The molecule has 0 aliphatic heterocycles. The third-order valence-electron chi connectivity index (χ3n) is 2.57. The van der Waals surface area contributed by atoms with Crippen LogP contribution in [0.1, 0.15) is 11.1 Å². The second kappa shape index (κ2) is 5.46. The molecule has 1 N–H and O–H groups in total. The van der Waals surface area contributed by atoms with Crippen molar-refractivity contribution in [3.05, 3.63) is 59.5 Å². The summed E-state index contributed by atoms with van der Waals surface area (Å²) in [5.74, 6) is -0.862. The molecule has 0 unspecified atom stereocenters. The number of rotatable bonds is 4. The summed E-state index contributed by atoms with van der Waals surface area (Å²) < 4.78 is 39.5. The summed E-state index contributed by atoms with van der Waals surface area (Å²) in [6.07, 6.45) is 1.24. The minimum absolute atomic E-state index is 0.0959. The van der Waals surface area contributed by atoms with Gasteiger partial charge in [0.05, 0.1) is 0 Å². The van der Waals surface area contributed by atoms with Gasteiger partial charge in [-0.25, -0.2) is 22.5 Å². The molecule has 6 heteroatoms. The molecule has 0 spiro atoms. The zero-order valence-corrected chi connectivity index (χ0v) is 11.1. The Morgan fingerprint density at radius 1 is 1.21 bits per heavy atom. The molecule has 0 fully saturated rings. The van der Waals surface area contributed by atoms with Crippen LogP contribution < -0.4 is 4.72 Å². The Labute approximate surface area is 111 Å². The van der Waals surface area contributed by atoms with Gasteiger partial charge in [-0.15, -0.1) is 0 Å². The summed E-state index contributed by atoms with van der Waals surface area (Å²) in [4.78, 5) is 3.55. The van der Waals surface area contributed by atoms with Gasteiger partial charge in [0.1, 0.15) is 0 Å². The summed E-state index contributed by atoms with van der Waals surface area (Å²) in [5.41, 5.74) is 1.88. The molecular weight excluding hydrogens is 267 g/mol. The molecule has 4 nitrogen and oxygen atoms in total. The fourth-order valence-corrected chi connectivity index (χ4v) is 2.54. The Bertz CT molecular complexity index is 669. The van der Waals surface area contributed by atoms with Crippen molar-refractivity contribution < 1.29 is 12.8 Å². The molecule has 1 heterocycles. The zero-order valence-electron chi connectivity index (χ0n) is 10.3. The highest BCUT2D eigenvalue weighted by atomic mass is 32.2. The van der Waals surface area contributed by atoms with E-state index in [0.717, 1.165) is 17.2 Å². The first kappa shape index (κ1) is 13.6. The third kappa shape index (κ3) is 3.36. The molecule has 0 radical (unpaired) electrons. The number of pyridine rings is 1. The van der Waals surface area contributed by atoms with E-state index in [9.17, 15) is 12.8 Å². The Morgan fingerprint density at radius 2 is 1.89 bits per heavy atom. The number of nitrogens with zero attached hydrogens (tertiary/aromatic N) is 1. The van der Waals surface area contributed by atoms with Crippen molar-refractivity contribution in [2.75, 3.05) is 0 Å². The van der Waals surface area contributed by atoms with Crippen LogP contribution in [0, 0.1) is 12.7 Å². The molecule has 1 aromatic carbocycles. The zero-order chi connectivity index (χ0) is 13.9. The van der Waals surface area contributed by atoms with Gasteiger partial charge in [-0.2, -0.15) is 0 Å². The van der Waals surface area contributed by atoms with Crippen LogP contribution in [0.2, 0.25) is 0 Å². The Hall–Kier alpha value is -1.79. The van der Waals surface area contributed by atoms with E-state index in [4.69, 9.17) is 0 Å². The van der Waals surface area contributed by atoms with Crippen molar-refractivity contribution >= 4 is 10.0 Å². The van der Waals surface area contributed by atoms with Crippen molar-refractivity contribution in [1.29, 1.82) is 0 Å². The predicted molar refractivity (Wildman–Crippen MR) is 69.4 cm³/mol. The Morgan fingerprint density at radius 3 is 2.53 bits per heavy atom. The largest absolute Gasteiger partial charge is 0.261 e. The van der Waals surface area contributed by atoms with Crippen LogP contribution in [0.3, 0.4) is 0 Å². The number of sulfonamides is 1. The molecule has 0 aliphatic rings. The second-order valence-corrected chi connectivity index (χ2v) is 5.78. The van der Waals surface area contributed by atoms with Gasteiger partial charge in [0.2, 0.25) is 5.03 Å². The summed E-state index contributed by atoms with van der Waals surface area (Å²) in [7, 11) is -3.94. The quantitative estimate of drug-likeness (QED) is 0.932. The average molecular weight is 280 g/mol. The first-order valence-corrected chi connectivity index (χ1v) is 7.13. The average Bonchev–Trinajstić information content (AvgIpc) is 2.38. The minimum atomic E-state index is -3.94. The number of nitrogens with one attached hydrogen (secondary N) is 1. The molecule has 0 bridgehead atoms. The van der Waals surface area contributed by atoms with Crippen LogP contribution >= 0.6 is 0 Å². The van der Waals surface area contributed by atoms with E-state index < -0.39 is 20.9 Å². The summed E-state index contributed by atoms with van der Waals surface area (Å²) >= 11 is 0. The van der Waals surface area contributed by atoms with Crippen LogP contribution in [0.15, 0.2) is 47.6 Å². The van der Waals surface area contributed by atoms with Gasteiger partial charge in [0, 0.05) is 12.7 Å². The first-order valence-electron chi connectivity index (χ1n) is 5.65. The fourth-order valence-electron chi connectivity index (χ4n) is 1.52. The summed E-state index contributed by atoms with van der Waals surface area (Å²) in [5, 5.41) is -0.581. The van der Waals surface area contributed by atoms with Gasteiger partial charge in [-0.05, 0) is 24.6 Å². The van der Waals surface area contributed by atoms with Crippen LogP contribution in [0.25, 0.3) is 0 Å². The van der Waals surface area contributed by atoms with Gasteiger partial charge in [-0.1, -0.05) is 29.8 Å². The Balaban J connectivity index is 2.14. The van der Waals surface area contributed by atoms with Gasteiger partial charge in [-0.3, -0.25) is 0 Å². The van der Waals surface area contributed by atoms with Crippen molar-refractivity contribution in [3.63, 3.8) is 0 Å². The van der Waals surface area contributed by atoms with Crippen LogP contribution in [0.5, 0.6) is 0 Å². The number of benzene rings is 1. The lowest BCUT2D eigenvalue weighted by Gasteiger charge is -2.07. The highest BCUT2D eigenvalue weighted by molar-refractivity contribution is 7.89. The lowest BCUT2D eigenvalue weighted by Crippen LogP contribution is -2.25. The molecule has 100 valence electrons. The molecule has 2 rings (SSSR count). The molecular formula is C13H13FN2O2S. The third-order valence-corrected chi connectivity index (χ3v) is 3.90. The van der Waals surface area contributed by atoms with E-state index in [0.29, 0.717) is 0 Å². The van der Waals surface area contributed by atoms with E-state index in [1.807, 2.05) is 31.2 Å². The van der Waals surface area contributed by atoms with E-state index in [1.165, 1.54) is 12.3 Å². The maximum atomic E-state index is 13.4. The second-order valence-electron chi connectivity index (χ2n) is 4.10. The number of aromatic nitrogens is 1. The van der Waals surface area contributed by atoms with Gasteiger partial charge in [0.25, 0.3) is 10.0 Å². The molecule has 0 saturated heterocycles. The number of hydrogen-bond acceptors (Lipinski definition) is 3. The van der Waals surface area contributed by atoms with Crippen molar-refractivity contribution in [1.82, 2.24) is 9.71 Å². The smallest absolute Gasteiger partial charge is 0.241 e. The van der Waals surface area contributed by atoms with E-state index >= 15 is 0 Å². The Kier molecular flexibility index (Phi) is 3.92. The lowest BCUT2D eigenvalue weighted by molar-refractivity contribution is 0.544.